The fraction of sp³-hybridized carbons (Fsp3) is 0.500. The van der Waals surface area contributed by atoms with E-state index >= 15 is 0 Å². The summed E-state index contributed by atoms with van der Waals surface area (Å²) in [6, 6.07) is 6.51. The van der Waals surface area contributed by atoms with E-state index in [2.05, 4.69) is 16.4 Å². The van der Waals surface area contributed by atoms with E-state index in [1.165, 1.54) is 0 Å². The van der Waals surface area contributed by atoms with Gasteiger partial charge in [0.05, 0.1) is 11.4 Å². The first kappa shape index (κ1) is 15.9. The Morgan fingerprint density at radius 3 is 2.21 bits per heavy atom. The summed E-state index contributed by atoms with van der Waals surface area (Å²) < 4.78 is 27.3. The maximum Gasteiger partial charge on any atom is 0.240 e. The molecule has 1 atom stereocenters. The number of rotatable bonds is 5. The monoisotopic (exact) mass is 282 g/mol. The number of hydrogen-bond donors (Lipinski definition) is 1. The highest BCUT2D eigenvalue weighted by atomic mass is 32.2. The number of benzene rings is 1. The second-order valence-electron chi connectivity index (χ2n) is 5.76. The molecule has 0 aromatic heterocycles. The summed E-state index contributed by atoms with van der Waals surface area (Å²) in [6.45, 7) is 11.6. The van der Waals surface area contributed by atoms with Crippen LogP contribution in [0.1, 0.15) is 26.3 Å². The minimum atomic E-state index is -3.52. The summed E-state index contributed by atoms with van der Waals surface area (Å²) in [6.07, 6.45) is 0. The third-order valence-corrected chi connectivity index (χ3v) is 4.47. The maximum atomic E-state index is 12.3. The molecule has 19 heavy (non-hydrogen) atoms. The van der Waals surface area contributed by atoms with Crippen LogP contribution in [0.2, 0.25) is 0 Å². The molecule has 0 radical (unpaired) electrons. The van der Waals surface area contributed by atoms with Gasteiger partial charge in [-0.1, -0.05) is 38.5 Å². The molecule has 1 N–H and O–H groups in total. The van der Waals surface area contributed by atoms with E-state index in [1.807, 2.05) is 27.7 Å². The molecule has 1 rings (SSSR count). The van der Waals surface area contributed by atoms with Gasteiger partial charge in [-0.05, 0) is 31.2 Å². The summed E-state index contributed by atoms with van der Waals surface area (Å²) in [5.74, 6) is 0. The molecule has 1 aromatic carbocycles. The van der Waals surface area contributed by atoms with Gasteiger partial charge >= 0.3 is 0 Å². The number of sulfonamides is 1. The molecule has 0 spiro atoms. The number of aliphatic imine (C=N–C) groups is 1. The normalized spacial score (nSPS) is 14.1. The van der Waals surface area contributed by atoms with E-state index in [-0.39, 0.29) is 16.4 Å². The summed E-state index contributed by atoms with van der Waals surface area (Å²) in [5, 5.41) is 0. The number of hydrogen-bond acceptors (Lipinski definition) is 3. The van der Waals surface area contributed by atoms with Crippen molar-refractivity contribution < 1.29 is 8.42 Å². The first-order valence-corrected chi connectivity index (χ1v) is 7.66. The molecule has 0 fully saturated rings. The molecule has 5 heteroatoms. The lowest BCUT2D eigenvalue weighted by molar-refractivity contribution is 0.305. The van der Waals surface area contributed by atoms with Gasteiger partial charge in [-0.3, -0.25) is 4.99 Å². The predicted octanol–water partition coefficient (Wildman–Crippen LogP) is 2.39. The summed E-state index contributed by atoms with van der Waals surface area (Å²) >= 11 is 0. The van der Waals surface area contributed by atoms with Crippen molar-refractivity contribution >= 4 is 16.7 Å². The summed E-state index contributed by atoms with van der Waals surface area (Å²) in [4.78, 5) is 4.09. The summed E-state index contributed by atoms with van der Waals surface area (Å²) in [5.41, 5.74) is 0.804. The van der Waals surface area contributed by atoms with Gasteiger partial charge in [0.15, 0.2) is 0 Å². The fourth-order valence-electron chi connectivity index (χ4n) is 1.59. The lowest BCUT2D eigenvalue weighted by Crippen LogP contribution is -2.45. The highest BCUT2D eigenvalue weighted by Gasteiger charge is 2.29. The van der Waals surface area contributed by atoms with Gasteiger partial charge in [-0.25, -0.2) is 13.1 Å². The molecular formula is C14H22N2O2S. The SMILES string of the molecule is C=NC[C@H](NS(=O)(=O)c1ccc(C)cc1)C(C)(C)C. The van der Waals surface area contributed by atoms with Gasteiger partial charge in [0, 0.05) is 6.04 Å². The molecule has 0 unspecified atom stereocenters. The van der Waals surface area contributed by atoms with Crippen LogP contribution in [0.15, 0.2) is 34.2 Å². The Bertz CT molecular complexity index is 528. The van der Waals surface area contributed by atoms with E-state index < -0.39 is 10.0 Å². The van der Waals surface area contributed by atoms with Crippen molar-refractivity contribution in [3.05, 3.63) is 29.8 Å². The van der Waals surface area contributed by atoms with E-state index in [1.54, 1.807) is 24.3 Å². The fourth-order valence-corrected chi connectivity index (χ4v) is 3.02. The molecule has 0 aliphatic carbocycles. The number of nitrogens with one attached hydrogen (secondary N) is 1. The van der Waals surface area contributed by atoms with Crippen molar-refractivity contribution in [2.24, 2.45) is 10.4 Å². The van der Waals surface area contributed by atoms with Crippen molar-refractivity contribution in [1.29, 1.82) is 0 Å². The van der Waals surface area contributed by atoms with Crippen LogP contribution in [0.5, 0.6) is 0 Å². The van der Waals surface area contributed by atoms with Crippen LogP contribution in [0.4, 0.5) is 0 Å². The van der Waals surface area contributed by atoms with Crippen LogP contribution in [0.3, 0.4) is 0 Å². The third kappa shape index (κ3) is 4.44. The zero-order valence-electron chi connectivity index (χ0n) is 12.0. The van der Waals surface area contributed by atoms with E-state index in [0.29, 0.717) is 6.54 Å². The Morgan fingerprint density at radius 1 is 1.26 bits per heavy atom. The average Bonchev–Trinajstić information content (AvgIpc) is 2.27. The molecule has 106 valence electrons. The molecule has 0 amide bonds. The molecule has 0 aliphatic rings. The predicted molar refractivity (Wildman–Crippen MR) is 79.2 cm³/mol. The van der Waals surface area contributed by atoms with Gasteiger partial charge in [0.25, 0.3) is 0 Å². The molecule has 0 bridgehead atoms. The van der Waals surface area contributed by atoms with Crippen LogP contribution >= 0.6 is 0 Å². The zero-order chi connectivity index (χ0) is 14.7. The molecule has 0 saturated heterocycles. The van der Waals surface area contributed by atoms with Crippen molar-refractivity contribution in [1.82, 2.24) is 4.72 Å². The second kappa shape index (κ2) is 5.84. The van der Waals surface area contributed by atoms with Gasteiger partial charge in [0.2, 0.25) is 10.0 Å². The van der Waals surface area contributed by atoms with Crippen LogP contribution in [0, 0.1) is 12.3 Å². The molecule has 4 nitrogen and oxygen atoms in total. The van der Waals surface area contributed by atoms with Crippen molar-refractivity contribution in [2.75, 3.05) is 6.54 Å². The van der Waals surface area contributed by atoms with Gasteiger partial charge in [-0.2, -0.15) is 0 Å². The number of aryl methyl sites for hydroxylation is 1. The quantitative estimate of drug-likeness (QED) is 0.843. The Labute approximate surface area is 116 Å². The van der Waals surface area contributed by atoms with Gasteiger partial charge in [0.1, 0.15) is 0 Å². The third-order valence-electron chi connectivity index (χ3n) is 2.99. The van der Waals surface area contributed by atoms with Crippen molar-refractivity contribution in [3.8, 4) is 0 Å². The smallest absolute Gasteiger partial charge is 0.240 e. The largest absolute Gasteiger partial charge is 0.299 e. The van der Waals surface area contributed by atoms with Crippen molar-refractivity contribution in [2.45, 2.75) is 38.6 Å². The van der Waals surface area contributed by atoms with Crippen LogP contribution < -0.4 is 4.72 Å². The summed E-state index contributed by atoms with van der Waals surface area (Å²) in [7, 11) is -3.52. The van der Waals surface area contributed by atoms with Crippen LogP contribution in [-0.2, 0) is 10.0 Å². The number of nitrogens with zero attached hydrogens (tertiary/aromatic N) is 1. The maximum absolute atomic E-state index is 12.3. The van der Waals surface area contributed by atoms with E-state index in [9.17, 15) is 8.42 Å². The highest BCUT2D eigenvalue weighted by molar-refractivity contribution is 7.89. The Hall–Kier alpha value is -1.20. The molecule has 1 aromatic rings. The first-order valence-electron chi connectivity index (χ1n) is 6.18. The van der Waals surface area contributed by atoms with E-state index in [0.717, 1.165) is 5.56 Å². The standard InChI is InChI=1S/C14H22N2O2S/c1-11-6-8-12(9-7-11)19(17,18)16-13(10-15-5)14(2,3)4/h6-9,13,16H,5,10H2,1-4H3/t13-/m0/s1. The van der Waals surface area contributed by atoms with Crippen LogP contribution in [-0.4, -0.2) is 27.7 Å². The minimum Gasteiger partial charge on any atom is -0.299 e. The Balaban J connectivity index is 3.00. The van der Waals surface area contributed by atoms with E-state index in [4.69, 9.17) is 0 Å². The van der Waals surface area contributed by atoms with Crippen molar-refractivity contribution in [3.63, 3.8) is 0 Å². The molecule has 0 saturated carbocycles. The average molecular weight is 282 g/mol. The minimum absolute atomic E-state index is 0.223. The van der Waals surface area contributed by atoms with Gasteiger partial charge in [-0.15, -0.1) is 0 Å². The topological polar surface area (TPSA) is 58.5 Å². The lowest BCUT2D eigenvalue weighted by Gasteiger charge is -2.29. The molecular weight excluding hydrogens is 260 g/mol. The van der Waals surface area contributed by atoms with Gasteiger partial charge < -0.3 is 0 Å². The zero-order valence-corrected chi connectivity index (χ0v) is 12.8. The Kier molecular flexibility index (Phi) is 4.87. The Morgan fingerprint density at radius 2 is 1.79 bits per heavy atom. The first-order chi connectivity index (χ1) is 8.66. The molecule has 0 heterocycles. The second-order valence-corrected chi connectivity index (χ2v) is 7.47. The lowest BCUT2D eigenvalue weighted by atomic mass is 9.87. The molecule has 0 aliphatic heterocycles. The van der Waals surface area contributed by atoms with Crippen LogP contribution in [0.25, 0.3) is 0 Å². The highest BCUT2D eigenvalue weighted by Crippen LogP contribution is 2.22.